The number of halogens is 1. The number of aromatic nitrogens is 1. The van der Waals surface area contributed by atoms with E-state index in [0.29, 0.717) is 0 Å². The van der Waals surface area contributed by atoms with Gasteiger partial charge in [0.25, 0.3) is 0 Å². The van der Waals surface area contributed by atoms with E-state index in [-0.39, 0.29) is 0 Å². The van der Waals surface area contributed by atoms with E-state index in [0.717, 1.165) is 27.0 Å². The molecule has 0 aliphatic carbocycles. The summed E-state index contributed by atoms with van der Waals surface area (Å²) in [6, 6.07) is 18.6. The Hall–Kier alpha value is -1.97. The normalized spacial score (nSPS) is 10.7. The van der Waals surface area contributed by atoms with Crippen LogP contribution in [0.15, 0.2) is 59.5 Å². The molecule has 0 spiro atoms. The lowest BCUT2D eigenvalue weighted by atomic mass is 9.99. The van der Waals surface area contributed by atoms with Gasteiger partial charge in [0.2, 0.25) is 0 Å². The van der Waals surface area contributed by atoms with Gasteiger partial charge in [0.05, 0.1) is 0 Å². The zero-order valence-corrected chi connectivity index (χ0v) is 15.5. The van der Waals surface area contributed by atoms with Crippen LogP contribution >= 0.6 is 23.5 Å². The van der Waals surface area contributed by atoms with Crippen molar-refractivity contribution in [2.45, 2.75) is 25.7 Å². The molecule has 0 aliphatic rings. The Morgan fingerprint density at radius 1 is 0.958 bits per heavy atom. The van der Waals surface area contributed by atoms with Crippen molar-refractivity contribution in [1.29, 1.82) is 0 Å². The van der Waals surface area contributed by atoms with Gasteiger partial charge in [0.1, 0.15) is 5.82 Å². The molecule has 24 heavy (non-hydrogen) atoms. The van der Waals surface area contributed by atoms with Crippen LogP contribution in [-0.2, 0) is 0 Å². The van der Waals surface area contributed by atoms with E-state index in [9.17, 15) is 0 Å². The number of pyridine rings is 1. The second-order valence-electron chi connectivity index (χ2n) is 5.86. The first kappa shape index (κ1) is 16.9. The Labute approximate surface area is 152 Å². The molecule has 0 saturated carbocycles. The number of hydrogen-bond donors (Lipinski definition) is 1. The zero-order valence-electron chi connectivity index (χ0n) is 13.9. The van der Waals surface area contributed by atoms with Crippen molar-refractivity contribution < 1.29 is 0 Å². The summed E-state index contributed by atoms with van der Waals surface area (Å²) in [7, 11) is 0. The van der Waals surface area contributed by atoms with Crippen LogP contribution in [-0.4, -0.2) is 4.98 Å². The Bertz CT molecular complexity index is 857. The molecule has 1 N–H and O–H groups in total. The molecule has 3 aromatic rings. The maximum atomic E-state index is 6.19. The summed E-state index contributed by atoms with van der Waals surface area (Å²) in [5, 5.41) is 0.773. The summed E-state index contributed by atoms with van der Waals surface area (Å²) in [6.45, 7) is 6.18. The minimum Gasteiger partial charge on any atom is -0.310 e. The third-order valence-electron chi connectivity index (χ3n) is 3.71. The standard InChI is InChI=1S/C20H19ClN2S/c1-13-9-16(12-17(21)10-13)19-8-7-18(11-14(19)2)24-23-20-6-4-5-15(3)22-20/h4-12H,1-3H3,(H,22,23). The average Bonchev–Trinajstić information content (AvgIpc) is 2.52. The second kappa shape index (κ2) is 7.29. The van der Waals surface area contributed by atoms with Crippen molar-refractivity contribution in [3.05, 3.63) is 76.4 Å². The van der Waals surface area contributed by atoms with Crippen molar-refractivity contribution >= 4 is 29.4 Å². The molecular formula is C20H19ClN2S. The highest BCUT2D eigenvalue weighted by molar-refractivity contribution is 8.00. The number of hydrogen-bond acceptors (Lipinski definition) is 3. The maximum Gasteiger partial charge on any atom is 0.136 e. The Morgan fingerprint density at radius 2 is 1.79 bits per heavy atom. The third-order valence-corrected chi connectivity index (χ3v) is 4.73. The molecule has 122 valence electrons. The lowest BCUT2D eigenvalue weighted by Crippen LogP contribution is -1.92. The summed E-state index contributed by atoms with van der Waals surface area (Å²) in [6.07, 6.45) is 0. The van der Waals surface area contributed by atoms with Gasteiger partial charge in [0.15, 0.2) is 0 Å². The molecule has 0 radical (unpaired) electrons. The zero-order chi connectivity index (χ0) is 17.1. The van der Waals surface area contributed by atoms with E-state index in [4.69, 9.17) is 11.6 Å². The number of nitrogens with one attached hydrogen (secondary N) is 1. The van der Waals surface area contributed by atoms with Crippen LogP contribution in [0.3, 0.4) is 0 Å². The molecule has 0 unspecified atom stereocenters. The molecule has 0 bridgehead atoms. The molecule has 1 heterocycles. The van der Waals surface area contributed by atoms with Gasteiger partial charge in [-0.3, -0.25) is 0 Å². The molecule has 0 atom stereocenters. The van der Waals surface area contributed by atoms with Gasteiger partial charge in [0, 0.05) is 15.6 Å². The quantitative estimate of drug-likeness (QED) is 0.545. The molecule has 2 aromatic carbocycles. The van der Waals surface area contributed by atoms with Gasteiger partial charge in [-0.05, 0) is 91.4 Å². The van der Waals surface area contributed by atoms with Crippen molar-refractivity contribution in [2.75, 3.05) is 4.72 Å². The van der Waals surface area contributed by atoms with Crippen molar-refractivity contribution in [3.63, 3.8) is 0 Å². The Morgan fingerprint density at radius 3 is 2.50 bits per heavy atom. The van der Waals surface area contributed by atoms with Crippen LogP contribution < -0.4 is 4.72 Å². The van der Waals surface area contributed by atoms with Crippen LogP contribution in [0.25, 0.3) is 11.1 Å². The first-order valence-electron chi connectivity index (χ1n) is 7.76. The van der Waals surface area contributed by atoms with E-state index in [1.165, 1.54) is 16.7 Å². The summed E-state index contributed by atoms with van der Waals surface area (Å²) in [5.74, 6) is 0.868. The fraction of sp³-hybridized carbons (Fsp3) is 0.150. The van der Waals surface area contributed by atoms with Gasteiger partial charge < -0.3 is 4.72 Å². The first-order chi connectivity index (χ1) is 11.5. The van der Waals surface area contributed by atoms with Crippen molar-refractivity contribution in [2.24, 2.45) is 0 Å². The van der Waals surface area contributed by atoms with Gasteiger partial charge in [-0.15, -0.1) is 0 Å². The second-order valence-corrected chi connectivity index (χ2v) is 7.18. The lowest BCUT2D eigenvalue weighted by molar-refractivity contribution is 1.21. The molecule has 3 rings (SSSR count). The summed E-state index contributed by atoms with van der Waals surface area (Å²) in [5.41, 5.74) is 5.76. The van der Waals surface area contributed by atoms with E-state index < -0.39 is 0 Å². The van der Waals surface area contributed by atoms with E-state index in [1.807, 2.05) is 37.3 Å². The predicted octanol–water partition coefficient (Wildman–Crippen LogP) is 6.45. The van der Waals surface area contributed by atoms with Crippen LogP contribution in [0, 0.1) is 20.8 Å². The molecule has 0 aliphatic heterocycles. The third kappa shape index (κ3) is 4.11. The number of rotatable bonds is 4. The van der Waals surface area contributed by atoms with Gasteiger partial charge in [-0.2, -0.15) is 0 Å². The highest BCUT2D eigenvalue weighted by Crippen LogP contribution is 2.30. The van der Waals surface area contributed by atoms with Gasteiger partial charge >= 0.3 is 0 Å². The topological polar surface area (TPSA) is 24.9 Å². The maximum absolute atomic E-state index is 6.19. The number of benzene rings is 2. The van der Waals surface area contributed by atoms with Crippen molar-refractivity contribution in [3.8, 4) is 11.1 Å². The molecule has 0 fully saturated rings. The molecular weight excluding hydrogens is 336 g/mol. The fourth-order valence-corrected chi connectivity index (χ4v) is 3.62. The van der Waals surface area contributed by atoms with Gasteiger partial charge in [-0.25, -0.2) is 4.98 Å². The minimum absolute atomic E-state index is 0.773. The summed E-state index contributed by atoms with van der Waals surface area (Å²) < 4.78 is 3.29. The van der Waals surface area contributed by atoms with Crippen LogP contribution in [0.2, 0.25) is 5.02 Å². The van der Waals surface area contributed by atoms with E-state index >= 15 is 0 Å². The molecule has 0 amide bonds. The van der Waals surface area contributed by atoms with Crippen LogP contribution in [0.5, 0.6) is 0 Å². The molecule has 4 heteroatoms. The smallest absolute Gasteiger partial charge is 0.136 e. The van der Waals surface area contributed by atoms with Crippen LogP contribution in [0.1, 0.15) is 16.8 Å². The summed E-state index contributed by atoms with van der Waals surface area (Å²) >= 11 is 7.76. The molecule has 2 nitrogen and oxygen atoms in total. The van der Waals surface area contributed by atoms with Crippen LogP contribution in [0.4, 0.5) is 5.82 Å². The molecule has 1 aromatic heterocycles. The summed E-state index contributed by atoms with van der Waals surface area (Å²) in [4.78, 5) is 5.60. The highest BCUT2D eigenvalue weighted by Gasteiger charge is 2.06. The number of aryl methyl sites for hydroxylation is 3. The van der Waals surface area contributed by atoms with E-state index in [2.05, 4.69) is 47.8 Å². The average molecular weight is 355 g/mol. The predicted molar refractivity (Wildman–Crippen MR) is 105 cm³/mol. The Kier molecular flexibility index (Phi) is 5.12. The van der Waals surface area contributed by atoms with Crippen molar-refractivity contribution in [1.82, 2.24) is 4.98 Å². The lowest BCUT2D eigenvalue weighted by Gasteiger charge is -2.11. The fourth-order valence-electron chi connectivity index (χ4n) is 2.63. The number of nitrogens with zero attached hydrogens (tertiary/aromatic N) is 1. The Balaban J connectivity index is 1.79. The largest absolute Gasteiger partial charge is 0.310 e. The SMILES string of the molecule is Cc1cc(Cl)cc(-c2ccc(SNc3cccc(C)n3)cc2C)c1. The number of anilines is 1. The first-order valence-corrected chi connectivity index (χ1v) is 8.95. The minimum atomic E-state index is 0.773. The highest BCUT2D eigenvalue weighted by atomic mass is 35.5. The van der Waals surface area contributed by atoms with Gasteiger partial charge in [-0.1, -0.05) is 29.8 Å². The molecule has 0 saturated heterocycles. The monoisotopic (exact) mass is 354 g/mol. The van der Waals surface area contributed by atoms with E-state index in [1.54, 1.807) is 11.9 Å².